The molecule has 204 valence electrons. The minimum atomic E-state index is -1.19. The van der Waals surface area contributed by atoms with Gasteiger partial charge in [-0.05, 0) is 60.9 Å². The van der Waals surface area contributed by atoms with Crippen molar-refractivity contribution in [2.75, 3.05) is 19.8 Å². The van der Waals surface area contributed by atoms with Crippen molar-refractivity contribution in [3.8, 4) is 5.75 Å². The number of aliphatic imine (C=N–C) groups is 1. The summed E-state index contributed by atoms with van der Waals surface area (Å²) in [5.41, 5.74) is 7.16. The van der Waals surface area contributed by atoms with Crippen LogP contribution in [0.1, 0.15) is 36.5 Å². The van der Waals surface area contributed by atoms with E-state index in [1.165, 1.54) is 12.1 Å². The molecule has 0 aromatic heterocycles. The maximum Gasteiger partial charge on any atom is 0.266 e. The summed E-state index contributed by atoms with van der Waals surface area (Å²) in [6.45, 7) is 2.76. The molecule has 4 rings (SSSR count). The van der Waals surface area contributed by atoms with Gasteiger partial charge in [0.1, 0.15) is 17.7 Å². The number of hydrogen-bond acceptors (Lipinski definition) is 6. The third-order valence-corrected chi connectivity index (χ3v) is 6.50. The molecule has 1 heterocycles. The molecule has 0 radical (unpaired) electrons. The van der Waals surface area contributed by atoms with Crippen LogP contribution in [0.4, 0.5) is 4.39 Å². The van der Waals surface area contributed by atoms with Gasteiger partial charge in [-0.1, -0.05) is 54.6 Å². The second kappa shape index (κ2) is 13.7. The van der Waals surface area contributed by atoms with Crippen LogP contribution in [0.2, 0.25) is 0 Å². The van der Waals surface area contributed by atoms with Gasteiger partial charge in [0.05, 0.1) is 6.61 Å². The molecular formula is C31H34FN3O4. The number of carbonyl (C=O) groups excluding carboxylic acids is 1. The molecular weight excluding hydrogens is 497 g/mol. The van der Waals surface area contributed by atoms with Gasteiger partial charge in [-0.2, -0.15) is 0 Å². The smallest absolute Gasteiger partial charge is 0.266 e. The summed E-state index contributed by atoms with van der Waals surface area (Å²) in [4.78, 5) is 18.4. The molecule has 1 amide bonds. The highest BCUT2D eigenvalue weighted by molar-refractivity contribution is 6.00. The van der Waals surface area contributed by atoms with Gasteiger partial charge >= 0.3 is 0 Å². The van der Waals surface area contributed by atoms with E-state index in [1.54, 1.807) is 6.07 Å². The van der Waals surface area contributed by atoms with Crippen molar-refractivity contribution in [1.29, 1.82) is 0 Å². The topological polar surface area (TPSA) is 92.2 Å². The van der Waals surface area contributed by atoms with Gasteiger partial charge in [-0.25, -0.2) is 14.8 Å². The van der Waals surface area contributed by atoms with Crippen molar-refractivity contribution >= 4 is 17.9 Å². The number of carbonyl (C=O) groups is 1. The van der Waals surface area contributed by atoms with E-state index in [0.717, 1.165) is 16.7 Å². The number of nitrogens with one attached hydrogen (secondary N) is 2. The Morgan fingerprint density at radius 1 is 1.13 bits per heavy atom. The number of ether oxygens (including phenoxy) is 2. The molecule has 0 spiro atoms. The molecule has 2 atom stereocenters. The Morgan fingerprint density at radius 2 is 1.92 bits per heavy atom. The molecule has 1 aliphatic rings. The van der Waals surface area contributed by atoms with Crippen LogP contribution in [0.25, 0.3) is 6.08 Å². The fourth-order valence-corrected chi connectivity index (χ4v) is 4.27. The van der Waals surface area contributed by atoms with Crippen LogP contribution in [-0.4, -0.2) is 48.3 Å². The van der Waals surface area contributed by atoms with E-state index in [2.05, 4.69) is 10.9 Å². The average molecular weight is 532 g/mol. The maximum atomic E-state index is 13.6. The zero-order valence-corrected chi connectivity index (χ0v) is 22.0. The lowest BCUT2D eigenvalue weighted by Crippen LogP contribution is -2.54. The molecule has 3 N–H and O–H groups in total. The summed E-state index contributed by atoms with van der Waals surface area (Å²) >= 11 is 0. The van der Waals surface area contributed by atoms with Crippen LogP contribution in [0, 0.1) is 5.82 Å². The first kappa shape index (κ1) is 28.0. The van der Waals surface area contributed by atoms with Gasteiger partial charge in [0, 0.05) is 31.6 Å². The standard InChI is InChI=1S/C31H34FN3O4/c1-23-31(18-6-11-24-8-3-2-4-9-24,30(37)35-33-19-17-25-10-5-12-27(32)22-25)34-29(39-23)26-13-15-28(16-14-26)38-21-7-20-36/h2-6,8-16,22-23,33,36H,7,17-21H2,1H3,(H,35,37)/b11-6+/t23-,31-/m0/s1. The van der Waals surface area contributed by atoms with Crippen molar-refractivity contribution < 1.29 is 23.8 Å². The molecule has 1 aliphatic heterocycles. The van der Waals surface area contributed by atoms with Crippen molar-refractivity contribution in [3.63, 3.8) is 0 Å². The lowest BCUT2D eigenvalue weighted by molar-refractivity contribution is -0.129. The number of halogens is 1. The fraction of sp³-hybridized carbons (Fsp3) is 0.290. The van der Waals surface area contributed by atoms with E-state index in [9.17, 15) is 9.18 Å². The second-order valence-corrected chi connectivity index (χ2v) is 9.33. The van der Waals surface area contributed by atoms with Crippen molar-refractivity contribution in [3.05, 3.63) is 107 Å². The largest absolute Gasteiger partial charge is 0.494 e. The maximum absolute atomic E-state index is 13.6. The van der Waals surface area contributed by atoms with Crippen LogP contribution >= 0.6 is 0 Å². The second-order valence-electron chi connectivity index (χ2n) is 9.33. The van der Waals surface area contributed by atoms with E-state index < -0.39 is 11.6 Å². The highest BCUT2D eigenvalue weighted by Gasteiger charge is 2.49. The van der Waals surface area contributed by atoms with Gasteiger partial charge in [0.2, 0.25) is 5.90 Å². The molecule has 0 unspecified atom stereocenters. The predicted octanol–water partition coefficient (Wildman–Crippen LogP) is 4.46. The number of aliphatic hydroxyl groups is 1. The number of hydrazine groups is 1. The summed E-state index contributed by atoms with van der Waals surface area (Å²) in [5.74, 6) is 0.457. The molecule has 0 saturated carbocycles. The highest BCUT2D eigenvalue weighted by atomic mass is 19.1. The third-order valence-electron chi connectivity index (χ3n) is 6.50. The van der Waals surface area contributed by atoms with Crippen LogP contribution in [-0.2, 0) is 16.0 Å². The van der Waals surface area contributed by atoms with Crippen molar-refractivity contribution in [2.24, 2.45) is 4.99 Å². The van der Waals surface area contributed by atoms with Gasteiger partial charge in [0.25, 0.3) is 5.91 Å². The fourth-order valence-electron chi connectivity index (χ4n) is 4.27. The minimum absolute atomic E-state index is 0.0726. The SMILES string of the molecule is C[C@@H]1OC(c2ccc(OCCCO)cc2)=N[C@]1(C/C=C/c1ccccc1)C(=O)NNCCc1cccc(F)c1. The molecule has 39 heavy (non-hydrogen) atoms. The van der Waals surface area contributed by atoms with E-state index in [1.807, 2.05) is 79.7 Å². The highest BCUT2D eigenvalue weighted by Crippen LogP contribution is 2.33. The normalized spacial score (nSPS) is 18.5. The Kier molecular flexibility index (Phi) is 9.83. The number of hydrogen-bond donors (Lipinski definition) is 3. The van der Waals surface area contributed by atoms with Gasteiger partial charge in [-0.15, -0.1) is 0 Å². The molecule has 0 aliphatic carbocycles. The first-order valence-electron chi connectivity index (χ1n) is 13.1. The van der Waals surface area contributed by atoms with Crippen LogP contribution in [0.3, 0.4) is 0 Å². The Balaban J connectivity index is 1.49. The van der Waals surface area contributed by atoms with E-state index in [4.69, 9.17) is 19.6 Å². The average Bonchev–Trinajstić information content (AvgIpc) is 3.29. The molecule has 3 aromatic carbocycles. The summed E-state index contributed by atoms with van der Waals surface area (Å²) in [5, 5.41) is 8.94. The van der Waals surface area contributed by atoms with E-state index in [-0.39, 0.29) is 18.3 Å². The van der Waals surface area contributed by atoms with Crippen molar-refractivity contribution in [2.45, 2.75) is 37.8 Å². The molecule has 3 aromatic rings. The number of nitrogens with zero attached hydrogens (tertiary/aromatic N) is 1. The third kappa shape index (κ3) is 7.52. The summed E-state index contributed by atoms with van der Waals surface area (Å²) in [6.07, 6.45) is 4.80. The first-order chi connectivity index (χ1) is 19.0. The quantitative estimate of drug-likeness (QED) is 0.224. The van der Waals surface area contributed by atoms with Crippen LogP contribution in [0.5, 0.6) is 5.75 Å². The van der Waals surface area contributed by atoms with E-state index in [0.29, 0.717) is 44.1 Å². The van der Waals surface area contributed by atoms with Gasteiger partial charge in [0.15, 0.2) is 5.54 Å². The summed E-state index contributed by atoms with van der Waals surface area (Å²) < 4.78 is 25.2. The number of aliphatic hydroxyl groups excluding tert-OH is 1. The molecule has 0 bridgehead atoms. The minimum Gasteiger partial charge on any atom is -0.494 e. The summed E-state index contributed by atoms with van der Waals surface area (Å²) in [6, 6.07) is 23.5. The zero-order chi connectivity index (χ0) is 27.5. The Bertz CT molecular complexity index is 1280. The monoisotopic (exact) mass is 531 g/mol. The van der Waals surface area contributed by atoms with Crippen molar-refractivity contribution in [1.82, 2.24) is 10.9 Å². The van der Waals surface area contributed by atoms with Crippen LogP contribution in [0.15, 0.2) is 89.9 Å². The Labute approximate surface area is 228 Å². The molecule has 0 saturated heterocycles. The van der Waals surface area contributed by atoms with Gasteiger partial charge < -0.3 is 14.6 Å². The zero-order valence-electron chi connectivity index (χ0n) is 22.0. The number of rotatable bonds is 13. The van der Waals surface area contributed by atoms with Crippen LogP contribution < -0.4 is 15.6 Å². The Hall–Kier alpha value is -4.01. The lowest BCUT2D eigenvalue weighted by atomic mass is 9.89. The van der Waals surface area contributed by atoms with E-state index >= 15 is 0 Å². The predicted molar refractivity (Wildman–Crippen MR) is 150 cm³/mol. The number of benzene rings is 3. The van der Waals surface area contributed by atoms with Gasteiger partial charge in [-0.3, -0.25) is 10.2 Å². The first-order valence-corrected chi connectivity index (χ1v) is 13.1. The lowest BCUT2D eigenvalue weighted by Gasteiger charge is -2.27. The molecule has 8 heteroatoms. The number of amides is 1. The Morgan fingerprint density at radius 3 is 2.67 bits per heavy atom. The molecule has 7 nitrogen and oxygen atoms in total. The summed E-state index contributed by atoms with van der Waals surface area (Å²) in [7, 11) is 0. The molecule has 0 fully saturated rings.